The predicted octanol–water partition coefficient (Wildman–Crippen LogP) is 6.47. The highest BCUT2D eigenvalue weighted by Crippen LogP contribution is 2.24. The van der Waals surface area contributed by atoms with Gasteiger partial charge in [-0.05, 0) is 34.9 Å². The summed E-state index contributed by atoms with van der Waals surface area (Å²) in [5, 5.41) is 6.90. The number of nitrogens with zero attached hydrogens (tertiary/aromatic N) is 3. The van der Waals surface area contributed by atoms with Gasteiger partial charge in [-0.1, -0.05) is 88.6 Å². The molecule has 0 N–H and O–H groups in total. The van der Waals surface area contributed by atoms with Crippen LogP contribution in [0.2, 0.25) is 0 Å². The number of para-hydroxylation sites is 3. The third kappa shape index (κ3) is 4.19. The number of benzene rings is 3. The van der Waals surface area contributed by atoms with Crippen molar-refractivity contribution in [2.45, 2.75) is 15.8 Å². The summed E-state index contributed by atoms with van der Waals surface area (Å²) in [6, 6.07) is 32.3. The Hall–Kier alpha value is -3.58. The van der Waals surface area contributed by atoms with Gasteiger partial charge in [0, 0.05) is 34.7 Å². The molecule has 0 atom stereocenters. The Bertz CT molecular complexity index is 1400. The van der Waals surface area contributed by atoms with Crippen LogP contribution in [0.5, 0.6) is 0 Å². The van der Waals surface area contributed by atoms with Crippen LogP contribution in [-0.2, 0) is 15.8 Å². The molecule has 6 aromatic rings. The summed E-state index contributed by atoms with van der Waals surface area (Å²) < 4.78 is 0. The van der Waals surface area contributed by atoms with Crippen LogP contribution in [0.25, 0.3) is 32.7 Å². The molecule has 162 valence electrons. The number of hydrogen-bond acceptors (Lipinski definition) is 3. The SMILES string of the molecule is c1cnc2c([CH2][Al]([CH2]c3cccc4cccnc34)[CH2]c3cccc4cccnc34)cccc2c1. The lowest BCUT2D eigenvalue weighted by Gasteiger charge is -2.16. The van der Waals surface area contributed by atoms with E-state index in [1.54, 1.807) is 0 Å². The molecule has 0 spiro atoms. The van der Waals surface area contributed by atoms with Crippen molar-refractivity contribution in [2.24, 2.45) is 0 Å². The van der Waals surface area contributed by atoms with Crippen molar-refractivity contribution < 1.29 is 0 Å². The van der Waals surface area contributed by atoms with E-state index in [2.05, 4.69) is 72.8 Å². The normalized spacial score (nSPS) is 11.3. The average Bonchev–Trinajstić information content (AvgIpc) is 2.89. The van der Waals surface area contributed by atoms with Crippen molar-refractivity contribution in [3.63, 3.8) is 0 Å². The molecule has 34 heavy (non-hydrogen) atoms. The zero-order chi connectivity index (χ0) is 22.7. The Labute approximate surface area is 203 Å². The average molecular weight is 454 g/mol. The van der Waals surface area contributed by atoms with Gasteiger partial charge < -0.3 is 0 Å². The fourth-order valence-corrected chi connectivity index (χ4v) is 8.43. The van der Waals surface area contributed by atoms with Gasteiger partial charge in [0.2, 0.25) is 0 Å². The lowest BCUT2D eigenvalue weighted by Crippen LogP contribution is -2.25. The van der Waals surface area contributed by atoms with Gasteiger partial charge in [0.15, 0.2) is 0 Å². The number of pyridine rings is 3. The molecule has 3 aromatic heterocycles. The second-order valence-electron chi connectivity index (χ2n) is 8.96. The van der Waals surface area contributed by atoms with Gasteiger partial charge in [0.1, 0.15) is 0 Å². The van der Waals surface area contributed by atoms with Gasteiger partial charge in [-0.15, -0.1) is 0 Å². The highest BCUT2D eigenvalue weighted by Gasteiger charge is 2.23. The molecule has 3 aromatic carbocycles. The number of hydrogen-bond donors (Lipinski definition) is 0. The van der Waals surface area contributed by atoms with Crippen molar-refractivity contribution in [2.75, 3.05) is 0 Å². The van der Waals surface area contributed by atoms with Gasteiger partial charge in [0.05, 0.1) is 16.6 Å². The van der Waals surface area contributed by atoms with E-state index in [1.807, 2.05) is 36.8 Å². The smallest absolute Gasteiger partial charge is 0.256 e. The van der Waals surface area contributed by atoms with Crippen LogP contribution in [0.3, 0.4) is 0 Å². The van der Waals surface area contributed by atoms with Crippen molar-refractivity contribution in [1.82, 2.24) is 15.0 Å². The quantitative estimate of drug-likeness (QED) is 0.271. The molecule has 4 heteroatoms. The van der Waals surface area contributed by atoms with Gasteiger partial charge in [-0.3, -0.25) is 15.0 Å². The maximum Gasteiger partial charge on any atom is 0.278 e. The Kier molecular flexibility index (Phi) is 5.77. The minimum Gasteiger partial charge on any atom is -0.256 e. The van der Waals surface area contributed by atoms with E-state index in [4.69, 9.17) is 15.0 Å². The maximum atomic E-state index is 4.75. The molecular weight excluding hydrogens is 429 g/mol. The minimum absolute atomic E-state index is 1.08. The Morgan fingerprint density at radius 2 is 0.735 bits per heavy atom. The molecule has 0 saturated heterocycles. The van der Waals surface area contributed by atoms with E-state index in [0.717, 1.165) is 32.4 Å². The molecule has 0 unspecified atom stereocenters. The largest absolute Gasteiger partial charge is 0.278 e. The first kappa shape index (κ1) is 21.0. The minimum atomic E-state index is -1.36. The molecule has 3 nitrogen and oxygen atoms in total. The summed E-state index contributed by atoms with van der Waals surface area (Å²) in [5.74, 6) is 0. The van der Waals surface area contributed by atoms with E-state index in [-0.39, 0.29) is 0 Å². The maximum absolute atomic E-state index is 4.75. The number of fused-ring (bicyclic) bond motifs is 3. The van der Waals surface area contributed by atoms with Crippen LogP contribution < -0.4 is 0 Å². The van der Waals surface area contributed by atoms with E-state index in [0.29, 0.717) is 0 Å². The van der Waals surface area contributed by atoms with Gasteiger partial charge in [-0.25, -0.2) is 0 Å². The summed E-state index contributed by atoms with van der Waals surface area (Å²) in [6.45, 7) is 0. The van der Waals surface area contributed by atoms with Gasteiger partial charge >= 0.3 is 0 Å². The number of rotatable bonds is 6. The zero-order valence-electron chi connectivity index (χ0n) is 18.9. The lowest BCUT2D eigenvalue weighted by atomic mass is 10.1. The second kappa shape index (κ2) is 9.35. The predicted molar refractivity (Wildman–Crippen MR) is 142 cm³/mol. The van der Waals surface area contributed by atoms with Crippen molar-refractivity contribution in [3.8, 4) is 0 Å². The fourth-order valence-electron chi connectivity index (χ4n) is 5.15. The molecule has 3 heterocycles. The summed E-state index contributed by atoms with van der Waals surface area (Å²) in [5.41, 5.74) is 7.47. The topological polar surface area (TPSA) is 38.7 Å². The molecule has 0 fully saturated rings. The third-order valence-electron chi connectivity index (χ3n) is 6.67. The molecule has 0 saturated carbocycles. The molecule has 0 bridgehead atoms. The highest BCUT2D eigenvalue weighted by atomic mass is 27.2. The summed E-state index contributed by atoms with van der Waals surface area (Å²) >= 11 is -1.36. The molecule has 0 radical (unpaired) electrons. The molecule has 0 amide bonds. The van der Waals surface area contributed by atoms with Crippen LogP contribution in [-0.4, -0.2) is 29.1 Å². The van der Waals surface area contributed by atoms with Crippen LogP contribution in [0.1, 0.15) is 16.7 Å². The van der Waals surface area contributed by atoms with E-state index in [9.17, 15) is 0 Å². The monoisotopic (exact) mass is 453 g/mol. The fraction of sp³-hybridized carbons (Fsp3) is 0.100. The Morgan fingerprint density at radius 3 is 1.09 bits per heavy atom. The van der Waals surface area contributed by atoms with E-state index in [1.165, 1.54) is 32.8 Å². The Morgan fingerprint density at radius 1 is 0.412 bits per heavy atom. The molecule has 0 aliphatic carbocycles. The lowest BCUT2D eigenvalue weighted by molar-refractivity contribution is 1.19. The van der Waals surface area contributed by atoms with Crippen LogP contribution in [0.4, 0.5) is 0 Å². The molecule has 6 rings (SSSR count). The highest BCUT2D eigenvalue weighted by molar-refractivity contribution is 6.57. The number of aromatic nitrogens is 3. The molecule has 0 aliphatic heterocycles. The first-order valence-electron chi connectivity index (χ1n) is 11.8. The van der Waals surface area contributed by atoms with Gasteiger partial charge in [-0.2, -0.15) is 0 Å². The van der Waals surface area contributed by atoms with Crippen molar-refractivity contribution >= 4 is 46.9 Å². The van der Waals surface area contributed by atoms with Crippen LogP contribution in [0.15, 0.2) is 110 Å². The third-order valence-corrected chi connectivity index (χ3v) is 9.73. The first-order chi connectivity index (χ1) is 16.8. The van der Waals surface area contributed by atoms with Crippen LogP contribution in [0, 0.1) is 0 Å². The van der Waals surface area contributed by atoms with Gasteiger partial charge in [0.25, 0.3) is 14.1 Å². The Balaban J connectivity index is 1.42. The van der Waals surface area contributed by atoms with E-state index < -0.39 is 14.1 Å². The second-order valence-corrected chi connectivity index (χ2v) is 11.9. The summed E-state index contributed by atoms with van der Waals surface area (Å²) in [6.07, 6.45) is 5.73. The van der Waals surface area contributed by atoms with Crippen molar-refractivity contribution in [1.29, 1.82) is 0 Å². The summed E-state index contributed by atoms with van der Waals surface area (Å²) in [4.78, 5) is 14.2. The molecule has 0 aliphatic rings. The van der Waals surface area contributed by atoms with Crippen molar-refractivity contribution in [3.05, 3.63) is 126 Å². The standard InChI is InChI=1S/3C10H8N.Al/c3*1-8-4-2-5-9-6-3-7-11-10(8)9;/h3*2-7H,1H2;. The molecular formula is C30H24AlN3. The summed E-state index contributed by atoms with van der Waals surface area (Å²) in [7, 11) is 0. The van der Waals surface area contributed by atoms with Crippen LogP contribution >= 0.6 is 0 Å². The zero-order valence-corrected chi connectivity index (χ0v) is 20.1. The first-order valence-corrected chi connectivity index (χ1v) is 14.3. The van der Waals surface area contributed by atoms with E-state index >= 15 is 0 Å².